The zero-order valence-corrected chi connectivity index (χ0v) is 14.5. The van der Waals surface area contributed by atoms with E-state index in [0.29, 0.717) is 5.92 Å². The third kappa shape index (κ3) is 7.13. The zero-order valence-electron chi connectivity index (χ0n) is 14.5. The van der Waals surface area contributed by atoms with Crippen LogP contribution in [-0.4, -0.2) is 12.7 Å². The smallest absolute Gasteiger partial charge is 0.0653 e. The van der Waals surface area contributed by atoms with Gasteiger partial charge in [-0.3, -0.25) is 0 Å². The van der Waals surface area contributed by atoms with Crippen LogP contribution in [0.3, 0.4) is 0 Å². The molecule has 0 bridgehead atoms. The third-order valence-electron chi connectivity index (χ3n) is 4.74. The van der Waals surface area contributed by atoms with Crippen molar-refractivity contribution in [2.75, 3.05) is 7.11 Å². The Hall–Kier alpha value is -0.820. The van der Waals surface area contributed by atoms with Gasteiger partial charge >= 0.3 is 0 Å². The van der Waals surface area contributed by atoms with Crippen LogP contribution in [0.5, 0.6) is 0 Å². The van der Waals surface area contributed by atoms with Gasteiger partial charge in [-0.25, -0.2) is 0 Å². The molecule has 1 heteroatoms. The van der Waals surface area contributed by atoms with Gasteiger partial charge in [-0.1, -0.05) is 75.8 Å². The highest BCUT2D eigenvalue weighted by Crippen LogP contribution is 2.29. The van der Waals surface area contributed by atoms with E-state index in [-0.39, 0.29) is 5.60 Å². The lowest BCUT2D eigenvalue weighted by molar-refractivity contribution is -0.0315. The van der Waals surface area contributed by atoms with Crippen molar-refractivity contribution >= 4 is 0 Å². The second-order valence-corrected chi connectivity index (χ2v) is 6.75. The molecule has 120 valence electrons. The highest BCUT2D eigenvalue weighted by atomic mass is 16.5. The number of hydrogen-bond acceptors (Lipinski definition) is 1. The monoisotopic (exact) mass is 290 g/mol. The van der Waals surface area contributed by atoms with E-state index in [1.54, 1.807) is 0 Å². The number of hydrogen-bond donors (Lipinski definition) is 0. The fourth-order valence-corrected chi connectivity index (χ4v) is 2.93. The minimum atomic E-state index is -0.0424. The molecule has 0 heterocycles. The van der Waals surface area contributed by atoms with E-state index in [0.717, 1.165) is 6.42 Å². The number of rotatable bonds is 11. The molecule has 1 aromatic rings. The van der Waals surface area contributed by atoms with Crippen LogP contribution in [0.4, 0.5) is 0 Å². The van der Waals surface area contributed by atoms with Crippen LogP contribution < -0.4 is 0 Å². The van der Waals surface area contributed by atoms with Crippen LogP contribution in [-0.2, 0) is 11.2 Å². The summed E-state index contributed by atoms with van der Waals surface area (Å²) >= 11 is 0. The maximum Gasteiger partial charge on any atom is 0.0653 e. The molecule has 0 saturated carbocycles. The molecule has 0 aliphatic heterocycles. The molecule has 1 nitrogen and oxygen atoms in total. The zero-order chi connectivity index (χ0) is 15.6. The Kier molecular flexibility index (Phi) is 8.68. The predicted octanol–water partition coefficient (Wildman–Crippen LogP) is 6.02. The quantitative estimate of drug-likeness (QED) is 0.453. The van der Waals surface area contributed by atoms with Gasteiger partial charge < -0.3 is 4.74 Å². The van der Waals surface area contributed by atoms with E-state index in [1.807, 2.05) is 7.11 Å². The summed E-state index contributed by atoms with van der Waals surface area (Å²) in [5.41, 5.74) is 1.39. The highest BCUT2D eigenvalue weighted by molar-refractivity contribution is 5.15. The fraction of sp³-hybridized carbons (Fsp3) is 0.700. The Morgan fingerprint density at radius 2 is 1.57 bits per heavy atom. The lowest BCUT2D eigenvalue weighted by Gasteiger charge is -2.33. The molecule has 0 radical (unpaired) electrons. The average molecular weight is 290 g/mol. The van der Waals surface area contributed by atoms with Gasteiger partial charge in [0.1, 0.15) is 0 Å². The summed E-state index contributed by atoms with van der Waals surface area (Å²) in [5.74, 6) is 0.594. The maximum atomic E-state index is 5.77. The molecule has 0 aliphatic carbocycles. The Labute approximate surface area is 132 Å². The van der Waals surface area contributed by atoms with E-state index in [1.165, 1.54) is 50.5 Å². The highest BCUT2D eigenvalue weighted by Gasteiger charge is 2.28. The topological polar surface area (TPSA) is 9.23 Å². The first kappa shape index (κ1) is 18.2. The summed E-state index contributed by atoms with van der Waals surface area (Å²) in [7, 11) is 1.85. The first-order valence-corrected chi connectivity index (χ1v) is 8.69. The van der Waals surface area contributed by atoms with Crippen molar-refractivity contribution in [1.29, 1.82) is 0 Å². The standard InChI is InChI=1S/C20H34O/c1-5-6-7-8-9-13-16-19(20(2,3)21-4)17-18-14-11-10-12-15-18/h10-12,14-15,19H,5-9,13,16-17H2,1-4H3. The molecular formula is C20H34O. The van der Waals surface area contributed by atoms with Crippen molar-refractivity contribution in [3.63, 3.8) is 0 Å². The summed E-state index contributed by atoms with van der Waals surface area (Å²) in [6.45, 7) is 6.74. The first-order valence-electron chi connectivity index (χ1n) is 8.69. The van der Waals surface area contributed by atoms with Crippen molar-refractivity contribution < 1.29 is 4.74 Å². The lowest BCUT2D eigenvalue weighted by atomic mass is 9.81. The number of unbranched alkanes of at least 4 members (excludes halogenated alkanes) is 5. The molecule has 1 unspecified atom stereocenters. The predicted molar refractivity (Wildman–Crippen MR) is 92.7 cm³/mol. The lowest BCUT2D eigenvalue weighted by Crippen LogP contribution is -2.34. The third-order valence-corrected chi connectivity index (χ3v) is 4.74. The van der Waals surface area contributed by atoms with Crippen molar-refractivity contribution in [2.45, 2.75) is 77.7 Å². The Morgan fingerprint density at radius 3 is 2.19 bits per heavy atom. The van der Waals surface area contributed by atoms with Gasteiger partial charge in [0, 0.05) is 7.11 Å². The molecular weight excluding hydrogens is 256 g/mol. The molecule has 0 N–H and O–H groups in total. The normalized spacial score (nSPS) is 13.3. The first-order chi connectivity index (χ1) is 10.1. The van der Waals surface area contributed by atoms with Gasteiger partial charge in [-0.05, 0) is 38.2 Å². The van der Waals surface area contributed by atoms with Crippen molar-refractivity contribution in [2.24, 2.45) is 5.92 Å². The van der Waals surface area contributed by atoms with Crippen molar-refractivity contribution in [1.82, 2.24) is 0 Å². The number of benzene rings is 1. The van der Waals surface area contributed by atoms with E-state index >= 15 is 0 Å². The van der Waals surface area contributed by atoms with E-state index in [2.05, 4.69) is 51.1 Å². The molecule has 0 aliphatic rings. The van der Waals surface area contributed by atoms with Crippen LogP contribution in [0.25, 0.3) is 0 Å². The summed E-state index contributed by atoms with van der Waals surface area (Å²) in [6.07, 6.45) is 10.6. The second kappa shape index (κ2) is 10.00. The second-order valence-electron chi connectivity index (χ2n) is 6.75. The SMILES string of the molecule is CCCCCCCCC(Cc1ccccc1)C(C)(C)OC. The van der Waals surface area contributed by atoms with E-state index < -0.39 is 0 Å². The molecule has 0 amide bonds. The summed E-state index contributed by atoms with van der Waals surface area (Å²) in [6, 6.07) is 10.8. The molecule has 1 atom stereocenters. The van der Waals surface area contributed by atoms with Gasteiger partial charge in [-0.15, -0.1) is 0 Å². The summed E-state index contributed by atoms with van der Waals surface area (Å²) in [5, 5.41) is 0. The maximum absolute atomic E-state index is 5.77. The largest absolute Gasteiger partial charge is 0.379 e. The molecule has 0 fully saturated rings. The molecule has 0 spiro atoms. The van der Waals surface area contributed by atoms with Gasteiger partial charge in [0.2, 0.25) is 0 Å². The average Bonchev–Trinajstić information content (AvgIpc) is 2.50. The summed E-state index contributed by atoms with van der Waals surface area (Å²) < 4.78 is 5.77. The van der Waals surface area contributed by atoms with Gasteiger partial charge in [0.25, 0.3) is 0 Å². The minimum Gasteiger partial charge on any atom is -0.379 e. The fourth-order valence-electron chi connectivity index (χ4n) is 2.93. The van der Waals surface area contributed by atoms with Crippen molar-refractivity contribution in [3.8, 4) is 0 Å². The van der Waals surface area contributed by atoms with E-state index in [9.17, 15) is 0 Å². The Bertz CT molecular complexity index is 355. The molecule has 0 aromatic heterocycles. The van der Waals surface area contributed by atoms with Crippen LogP contribution in [0, 0.1) is 5.92 Å². The van der Waals surface area contributed by atoms with Crippen LogP contribution >= 0.6 is 0 Å². The van der Waals surface area contributed by atoms with E-state index in [4.69, 9.17) is 4.74 Å². The van der Waals surface area contributed by atoms with Crippen LogP contribution in [0.15, 0.2) is 30.3 Å². The van der Waals surface area contributed by atoms with Crippen molar-refractivity contribution in [3.05, 3.63) is 35.9 Å². The minimum absolute atomic E-state index is 0.0424. The Morgan fingerprint density at radius 1 is 0.952 bits per heavy atom. The van der Waals surface area contributed by atoms with Gasteiger partial charge in [0.05, 0.1) is 5.60 Å². The molecule has 21 heavy (non-hydrogen) atoms. The molecule has 1 rings (SSSR count). The number of ether oxygens (including phenoxy) is 1. The molecule has 0 saturated heterocycles. The summed E-state index contributed by atoms with van der Waals surface area (Å²) in [4.78, 5) is 0. The molecule has 1 aromatic carbocycles. The van der Waals surface area contributed by atoms with Gasteiger partial charge in [0.15, 0.2) is 0 Å². The number of methoxy groups -OCH3 is 1. The van der Waals surface area contributed by atoms with Crippen LogP contribution in [0.1, 0.15) is 71.3 Å². The van der Waals surface area contributed by atoms with Crippen LogP contribution in [0.2, 0.25) is 0 Å². The Balaban J connectivity index is 2.46. The van der Waals surface area contributed by atoms with Gasteiger partial charge in [-0.2, -0.15) is 0 Å².